The monoisotopic (exact) mass is 334 g/mol. The normalized spacial score (nSPS) is 12.5. The van der Waals surface area contributed by atoms with Crippen molar-refractivity contribution in [3.05, 3.63) is 65.7 Å². The van der Waals surface area contributed by atoms with Gasteiger partial charge in [0.2, 0.25) is 0 Å². The summed E-state index contributed by atoms with van der Waals surface area (Å²) in [4.78, 5) is 0. The Hall–Kier alpha value is -1.82. The van der Waals surface area contributed by atoms with Gasteiger partial charge < -0.3 is 0 Å². The molecule has 2 aromatic rings. The van der Waals surface area contributed by atoms with Crippen molar-refractivity contribution >= 4 is 6.08 Å². The van der Waals surface area contributed by atoms with E-state index in [1.54, 1.807) is 0 Å². The number of allylic oxidation sites excluding steroid dienone is 1. The quantitative estimate of drug-likeness (QED) is 0.503. The van der Waals surface area contributed by atoms with Crippen LogP contribution in [0.25, 0.3) is 17.2 Å². The molecule has 0 aliphatic heterocycles. The van der Waals surface area contributed by atoms with Crippen LogP contribution in [0.2, 0.25) is 0 Å². The lowest BCUT2D eigenvalue weighted by molar-refractivity contribution is 0.438. The van der Waals surface area contributed by atoms with Crippen molar-refractivity contribution in [3.8, 4) is 11.1 Å². The summed E-state index contributed by atoms with van der Waals surface area (Å²) in [5.74, 6) is 1.00. The molecule has 0 amide bonds. The van der Waals surface area contributed by atoms with Crippen LogP contribution in [-0.4, -0.2) is 0 Å². The summed E-state index contributed by atoms with van der Waals surface area (Å²) in [6, 6.07) is 17.3. The van der Waals surface area contributed by atoms with Crippen molar-refractivity contribution in [3.63, 3.8) is 0 Å². The Balaban J connectivity index is 0.000000217. The predicted molar refractivity (Wildman–Crippen MR) is 113 cm³/mol. The molecule has 1 aliphatic rings. The molecule has 0 unspecified atom stereocenters. The van der Waals surface area contributed by atoms with E-state index in [2.05, 4.69) is 81.5 Å². The van der Waals surface area contributed by atoms with E-state index in [0.29, 0.717) is 0 Å². The minimum absolute atomic E-state index is 1.00. The highest BCUT2D eigenvalue weighted by Gasteiger charge is 2.05. The van der Waals surface area contributed by atoms with Gasteiger partial charge in [0.15, 0.2) is 0 Å². The lowest BCUT2D eigenvalue weighted by atomic mass is 9.93. The van der Waals surface area contributed by atoms with Gasteiger partial charge in [0.1, 0.15) is 0 Å². The molecule has 1 aliphatic carbocycles. The summed E-state index contributed by atoms with van der Waals surface area (Å²) in [6.07, 6.45) is 13.8. The third-order valence-electron chi connectivity index (χ3n) is 5.25. The van der Waals surface area contributed by atoms with Crippen LogP contribution in [0.15, 0.2) is 54.6 Å². The van der Waals surface area contributed by atoms with Gasteiger partial charge in [-0.25, -0.2) is 0 Å². The molecule has 0 heteroatoms. The molecule has 0 spiro atoms. The van der Waals surface area contributed by atoms with Crippen LogP contribution >= 0.6 is 0 Å². The van der Waals surface area contributed by atoms with E-state index in [9.17, 15) is 0 Å². The van der Waals surface area contributed by atoms with Gasteiger partial charge in [0.25, 0.3) is 0 Å². The Morgan fingerprint density at radius 1 is 0.880 bits per heavy atom. The molecule has 0 saturated heterocycles. The SMILES string of the molecule is C1=Cc2cc(-c3ccccc3)ccc2CC1.CCCCC(CC)CC. The molecule has 0 aromatic heterocycles. The molecule has 0 heterocycles. The Morgan fingerprint density at radius 3 is 2.32 bits per heavy atom. The molecular formula is C25H34. The highest BCUT2D eigenvalue weighted by atomic mass is 14.1. The smallest absolute Gasteiger partial charge is 0.0178 e. The summed E-state index contributed by atoms with van der Waals surface area (Å²) in [6.45, 7) is 6.86. The number of benzene rings is 2. The molecule has 0 saturated carbocycles. The first-order valence-corrected chi connectivity index (χ1v) is 10.1. The lowest BCUT2D eigenvalue weighted by Crippen LogP contribution is -1.95. The van der Waals surface area contributed by atoms with Gasteiger partial charge in [0, 0.05) is 0 Å². The maximum atomic E-state index is 2.30. The zero-order valence-corrected chi connectivity index (χ0v) is 16.3. The van der Waals surface area contributed by atoms with Crippen molar-refractivity contribution < 1.29 is 0 Å². The highest BCUT2D eigenvalue weighted by Crippen LogP contribution is 2.26. The van der Waals surface area contributed by atoms with Gasteiger partial charge in [-0.3, -0.25) is 0 Å². The average molecular weight is 335 g/mol. The molecular weight excluding hydrogens is 300 g/mol. The largest absolute Gasteiger partial charge is 0.0836 e. The fraction of sp³-hybridized carbons (Fsp3) is 0.440. The summed E-state index contributed by atoms with van der Waals surface area (Å²) >= 11 is 0. The molecule has 2 aromatic carbocycles. The van der Waals surface area contributed by atoms with E-state index in [0.717, 1.165) is 5.92 Å². The molecule has 0 bridgehead atoms. The third kappa shape index (κ3) is 6.20. The van der Waals surface area contributed by atoms with E-state index >= 15 is 0 Å². The van der Waals surface area contributed by atoms with Crippen LogP contribution in [-0.2, 0) is 6.42 Å². The number of aryl methyl sites for hydroxylation is 1. The van der Waals surface area contributed by atoms with E-state index in [-0.39, 0.29) is 0 Å². The van der Waals surface area contributed by atoms with E-state index in [1.807, 2.05) is 0 Å². The minimum Gasteiger partial charge on any atom is -0.0836 e. The van der Waals surface area contributed by atoms with Crippen LogP contribution in [0.4, 0.5) is 0 Å². The molecule has 3 rings (SSSR count). The highest BCUT2D eigenvalue weighted by molar-refractivity contribution is 5.69. The van der Waals surface area contributed by atoms with Gasteiger partial charge in [-0.2, -0.15) is 0 Å². The topological polar surface area (TPSA) is 0 Å². The Bertz CT molecular complexity index is 632. The van der Waals surface area contributed by atoms with Crippen molar-refractivity contribution in [2.45, 2.75) is 65.7 Å². The Labute approximate surface area is 155 Å². The van der Waals surface area contributed by atoms with E-state index in [4.69, 9.17) is 0 Å². The van der Waals surface area contributed by atoms with Gasteiger partial charge >= 0.3 is 0 Å². The minimum atomic E-state index is 1.00. The fourth-order valence-corrected chi connectivity index (χ4v) is 3.43. The number of hydrogen-bond acceptors (Lipinski definition) is 0. The number of rotatable bonds is 6. The Kier molecular flexibility index (Phi) is 8.52. The first-order valence-electron chi connectivity index (χ1n) is 10.1. The molecule has 0 nitrogen and oxygen atoms in total. The van der Waals surface area contributed by atoms with E-state index < -0.39 is 0 Å². The zero-order valence-electron chi connectivity index (χ0n) is 16.3. The zero-order chi connectivity index (χ0) is 17.9. The molecule has 0 fully saturated rings. The molecule has 0 atom stereocenters. The van der Waals surface area contributed by atoms with Crippen molar-refractivity contribution in [2.75, 3.05) is 0 Å². The third-order valence-corrected chi connectivity index (χ3v) is 5.25. The first-order chi connectivity index (χ1) is 12.3. The predicted octanol–water partition coefficient (Wildman–Crippen LogP) is 7.93. The first kappa shape index (κ1) is 19.5. The number of unbranched alkanes of at least 4 members (excludes halogenated alkanes) is 1. The van der Waals surface area contributed by atoms with Crippen molar-refractivity contribution in [1.82, 2.24) is 0 Å². The van der Waals surface area contributed by atoms with Crippen LogP contribution < -0.4 is 0 Å². The summed E-state index contributed by atoms with van der Waals surface area (Å²) < 4.78 is 0. The molecule has 0 radical (unpaired) electrons. The average Bonchev–Trinajstić information content (AvgIpc) is 2.70. The van der Waals surface area contributed by atoms with Gasteiger partial charge in [-0.15, -0.1) is 0 Å². The lowest BCUT2D eigenvalue weighted by Gasteiger charge is -2.12. The molecule has 25 heavy (non-hydrogen) atoms. The van der Waals surface area contributed by atoms with Crippen LogP contribution in [0.3, 0.4) is 0 Å². The fourth-order valence-electron chi connectivity index (χ4n) is 3.43. The van der Waals surface area contributed by atoms with E-state index in [1.165, 1.54) is 67.2 Å². The van der Waals surface area contributed by atoms with Gasteiger partial charge in [-0.05, 0) is 47.1 Å². The molecule has 0 N–H and O–H groups in total. The second kappa shape index (κ2) is 10.9. The van der Waals surface area contributed by atoms with Crippen molar-refractivity contribution in [2.24, 2.45) is 5.92 Å². The number of fused-ring (bicyclic) bond motifs is 1. The van der Waals surface area contributed by atoms with Crippen LogP contribution in [0, 0.1) is 5.92 Å². The van der Waals surface area contributed by atoms with Gasteiger partial charge in [0.05, 0.1) is 0 Å². The summed E-state index contributed by atoms with van der Waals surface area (Å²) in [5, 5.41) is 0. The number of hydrogen-bond donors (Lipinski definition) is 0. The van der Waals surface area contributed by atoms with Crippen molar-refractivity contribution in [1.29, 1.82) is 0 Å². The van der Waals surface area contributed by atoms with Gasteiger partial charge in [-0.1, -0.05) is 107 Å². The van der Waals surface area contributed by atoms with Crippen LogP contribution in [0.5, 0.6) is 0 Å². The molecule has 134 valence electrons. The standard InChI is InChI=1S/C16H14.C9H20/c1-2-6-13(7-3-1)16-11-10-14-8-4-5-9-15(14)12-16;1-4-7-8-9(5-2)6-3/h1-3,5-7,9-12H,4,8H2;9H,4-8H2,1-3H3. The maximum Gasteiger partial charge on any atom is -0.0178 e. The summed E-state index contributed by atoms with van der Waals surface area (Å²) in [5.41, 5.74) is 5.46. The van der Waals surface area contributed by atoms with Crippen LogP contribution in [0.1, 0.15) is 70.4 Å². The second-order valence-electron chi connectivity index (χ2n) is 7.05. The summed E-state index contributed by atoms with van der Waals surface area (Å²) in [7, 11) is 0. The maximum absolute atomic E-state index is 2.30. The Morgan fingerprint density at radius 2 is 1.64 bits per heavy atom. The second-order valence-corrected chi connectivity index (χ2v) is 7.05.